The van der Waals surface area contributed by atoms with Crippen molar-refractivity contribution in [3.8, 4) is 0 Å². The van der Waals surface area contributed by atoms with E-state index in [-0.39, 0.29) is 23.6 Å². The van der Waals surface area contributed by atoms with Crippen molar-refractivity contribution in [1.82, 2.24) is 10.6 Å². The van der Waals surface area contributed by atoms with E-state index in [1.54, 1.807) is 30.3 Å². The Hall–Kier alpha value is -3.18. The van der Waals surface area contributed by atoms with Gasteiger partial charge in [0.1, 0.15) is 5.70 Å². The summed E-state index contributed by atoms with van der Waals surface area (Å²) in [7, 11) is 0. The van der Waals surface area contributed by atoms with Crippen molar-refractivity contribution in [2.75, 3.05) is 0 Å². The van der Waals surface area contributed by atoms with Gasteiger partial charge in [-0.25, -0.2) is 0 Å². The third-order valence-electron chi connectivity index (χ3n) is 4.74. The third-order valence-corrected chi connectivity index (χ3v) is 5.56. The average molecular weight is 405 g/mol. The molecule has 1 atom stereocenters. The van der Waals surface area contributed by atoms with Crippen molar-refractivity contribution in [3.05, 3.63) is 98.9 Å². The molecular formula is C24H24N2O2S. The lowest BCUT2D eigenvalue weighted by atomic mass is 10.0. The number of hydrogen-bond donors (Lipinski definition) is 2. The maximum atomic E-state index is 13.0. The van der Waals surface area contributed by atoms with Crippen molar-refractivity contribution in [3.63, 3.8) is 0 Å². The van der Waals surface area contributed by atoms with Crippen LogP contribution in [0.15, 0.2) is 71.7 Å². The maximum Gasteiger partial charge on any atom is 0.268 e. The molecule has 2 aromatic carbocycles. The van der Waals surface area contributed by atoms with E-state index in [0.29, 0.717) is 5.56 Å². The van der Waals surface area contributed by atoms with Crippen LogP contribution in [0.2, 0.25) is 0 Å². The SMILES string of the molecule is Cc1ccc([C@H](C)NC(=O)/C(=C/c2cccs2)NC(=O)c2ccccc2)cc1C. The molecule has 3 rings (SSSR count). The number of carbonyl (C=O) groups is 2. The molecule has 1 heterocycles. The molecule has 29 heavy (non-hydrogen) atoms. The van der Waals surface area contributed by atoms with E-state index in [4.69, 9.17) is 0 Å². The summed E-state index contributed by atoms with van der Waals surface area (Å²) in [5.41, 5.74) is 4.12. The van der Waals surface area contributed by atoms with Crippen LogP contribution in [0.25, 0.3) is 6.08 Å². The first-order valence-electron chi connectivity index (χ1n) is 9.43. The van der Waals surface area contributed by atoms with E-state index in [1.165, 1.54) is 22.5 Å². The number of aryl methyl sites for hydroxylation is 2. The second kappa shape index (κ2) is 9.34. The molecule has 0 saturated heterocycles. The van der Waals surface area contributed by atoms with Gasteiger partial charge in [0.2, 0.25) is 0 Å². The van der Waals surface area contributed by atoms with Gasteiger partial charge in [-0.15, -0.1) is 11.3 Å². The highest BCUT2D eigenvalue weighted by molar-refractivity contribution is 7.10. The molecule has 4 nitrogen and oxygen atoms in total. The number of thiophene rings is 1. The Morgan fingerprint density at radius 2 is 1.72 bits per heavy atom. The fraction of sp³-hybridized carbons (Fsp3) is 0.167. The average Bonchev–Trinajstić information content (AvgIpc) is 3.23. The van der Waals surface area contributed by atoms with Gasteiger partial charge in [0.15, 0.2) is 0 Å². The minimum Gasteiger partial charge on any atom is -0.344 e. The quantitative estimate of drug-likeness (QED) is 0.567. The summed E-state index contributed by atoms with van der Waals surface area (Å²) in [5, 5.41) is 7.69. The Morgan fingerprint density at radius 3 is 2.38 bits per heavy atom. The smallest absolute Gasteiger partial charge is 0.268 e. The third kappa shape index (κ3) is 5.42. The Balaban J connectivity index is 1.80. The predicted octanol–water partition coefficient (Wildman–Crippen LogP) is 5.01. The summed E-state index contributed by atoms with van der Waals surface area (Å²) < 4.78 is 0. The van der Waals surface area contributed by atoms with Gasteiger partial charge in [0, 0.05) is 10.4 Å². The van der Waals surface area contributed by atoms with Crippen LogP contribution in [-0.4, -0.2) is 11.8 Å². The highest BCUT2D eigenvalue weighted by Gasteiger charge is 2.17. The van der Waals surface area contributed by atoms with Gasteiger partial charge in [-0.05, 0) is 67.1 Å². The van der Waals surface area contributed by atoms with E-state index in [2.05, 4.69) is 30.5 Å². The van der Waals surface area contributed by atoms with Crippen LogP contribution < -0.4 is 10.6 Å². The maximum absolute atomic E-state index is 13.0. The number of hydrogen-bond acceptors (Lipinski definition) is 3. The lowest BCUT2D eigenvalue weighted by molar-refractivity contribution is -0.118. The first-order valence-corrected chi connectivity index (χ1v) is 10.3. The largest absolute Gasteiger partial charge is 0.344 e. The lowest BCUT2D eigenvalue weighted by Gasteiger charge is -2.17. The van der Waals surface area contributed by atoms with E-state index in [0.717, 1.165) is 10.4 Å². The molecule has 2 amide bonds. The molecule has 1 aromatic heterocycles. The fourth-order valence-corrected chi connectivity index (χ4v) is 3.51. The molecule has 0 spiro atoms. The van der Waals surface area contributed by atoms with E-state index in [1.807, 2.05) is 42.6 Å². The molecule has 0 aliphatic heterocycles. The number of amides is 2. The summed E-state index contributed by atoms with van der Waals surface area (Å²) in [6.07, 6.45) is 1.70. The van der Waals surface area contributed by atoms with Crippen LogP contribution in [0.1, 0.15) is 44.9 Å². The van der Waals surface area contributed by atoms with Crippen LogP contribution in [-0.2, 0) is 4.79 Å². The minimum absolute atomic E-state index is 0.192. The monoisotopic (exact) mass is 404 g/mol. The zero-order valence-corrected chi connectivity index (χ0v) is 17.5. The Morgan fingerprint density at radius 1 is 0.966 bits per heavy atom. The Kier molecular flexibility index (Phi) is 6.62. The van der Waals surface area contributed by atoms with Crippen molar-refractivity contribution >= 4 is 29.2 Å². The second-order valence-corrected chi connectivity index (χ2v) is 7.91. The zero-order valence-electron chi connectivity index (χ0n) is 16.7. The van der Waals surface area contributed by atoms with Gasteiger partial charge in [0.25, 0.3) is 11.8 Å². The number of nitrogens with one attached hydrogen (secondary N) is 2. The van der Waals surface area contributed by atoms with Crippen LogP contribution >= 0.6 is 11.3 Å². The standard InChI is InChI=1S/C24H24N2O2S/c1-16-11-12-20(14-17(16)2)18(3)25-24(28)22(15-21-10-7-13-29-21)26-23(27)19-8-5-4-6-9-19/h4-15,18H,1-3H3,(H,25,28)(H,26,27)/b22-15-/t18-/m0/s1. The minimum atomic E-state index is -0.326. The Labute approximate surface area is 175 Å². The molecule has 0 aliphatic rings. The molecule has 0 bridgehead atoms. The van der Waals surface area contributed by atoms with Gasteiger partial charge >= 0.3 is 0 Å². The highest BCUT2D eigenvalue weighted by Crippen LogP contribution is 2.18. The van der Waals surface area contributed by atoms with Gasteiger partial charge in [-0.2, -0.15) is 0 Å². The Bertz CT molecular complexity index is 1020. The lowest BCUT2D eigenvalue weighted by Crippen LogP contribution is -2.36. The van der Waals surface area contributed by atoms with Crippen LogP contribution in [0.3, 0.4) is 0 Å². The molecule has 5 heteroatoms. The van der Waals surface area contributed by atoms with Crippen LogP contribution in [0.5, 0.6) is 0 Å². The van der Waals surface area contributed by atoms with Crippen molar-refractivity contribution < 1.29 is 9.59 Å². The number of rotatable bonds is 6. The van der Waals surface area contributed by atoms with Gasteiger partial charge in [0.05, 0.1) is 6.04 Å². The van der Waals surface area contributed by atoms with Crippen LogP contribution in [0, 0.1) is 13.8 Å². The van der Waals surface area contributed by atoms with Gasteiger partial charge in [-0.1, -0.05) is 42.5 Å². The predicted molar refractivity (Wildman–Crippen MR) is 119 cm³/mol. The molecule has 2 N–H and O–H groups in total. The fourth-order valence-electron chi connectivity index (χ4n) is 2.85. The van der Waals surface area contributed by atoms with Crippen LogP contribution in [0.4, 0.5) is 0 Å². The van der Waals surface area contributed by atoms with E-state index >= 15 is 0 Å². The summed E-state index contributed by atoms with van der Waals surface area (Å²) in [6, 6.07) is 18.6. The molecule has 0 saturated carbocycles. The van der Waals surface area contributed by atoms with Crippen molar-refractivity contribution in [1.29, 1.82) is 0 Å². The summed E-state index contributed by atoms with van der Waals surface area (Å²) in [6.45, 7) is 6.04. The van der Waals surface area contributed by atoms with Crippen molar-refractivity contribution in [2.24, 2.45) is 0 Å². The second-order valence-electron chi connectivity index (χ2n) is 6.93. The molecule has 3 aromatic rings. The highest BCUT2D eigenvalue weighted by atomic mass is 32.1. The van der Waals surface area contributed by atoms with E-state index in [9.17, 15) is 9.59 Å². The molecule has 0 radical (unpaired) electrons. The molecule has 0 fully saturated rings. The van der Waals surface area contributed by atoms with Crippen molar-refractivity contribution in [2.45, 2.75) is 26.8 Å². The molecule has 0 unspecified atom stereocenters. The summed E-state index contributed by atoms with van der Waals surface area (Å²) >= 11 is 1.50. The molecule has 148 valence electrons. The summed E-state index contributed by atoms with van der Waals surface area (Å²) in [5.74, 6) is -0.643. The first-order chi connectivity index (χ1) is 13.9. The molecule has 0 aliphatic carbocycles. The summed E-state index contributed by atoms with van der Waals surface area (Å²) in [4.78, 5) is 26.5. The molecular weight excluding hydrogens is 380 g/mol. The van der Waals surface area contributed by atoms with E-state index < -0.39 is 0 Å². The topological polar surface area (TPSA) is 58.2 Å². The zero-order chi connectivity index (χ0) is 20.8. The number of benzene rings is 2. The van der Waals surface area contributed by atoms with Gasteiger partial charge in [-0.3, -0.25) is 9.59 Å². The normalized spacial score (nSPS) is 12.3. The van der Waals surface area contributed by atoms with Gasteiger partial charge < -0.3 is 10.6 Å². The first kappa shape index (κ1) is 20.6. The number of carbonyl (C=O) groups excluding carboxylic acids is 2.